The van der Waals surface area contributed by atoms with Crippen molar-refractivity contribution in [2.75, 3.05) is 31.7 Å². The summed E-state index contributed by atoms with van der Waals surface area (Å²) in [7, 11) is 1.54. The Morgan fingerprint density at radius 3 is 2.90 bits per heavy atom. The van der Waals surface area contributed by atoms with Crippen molar-refractivity contribution in [3.8, 4) is 0 Å². The number of anilines is 1. The van der Waals surface area contributed by atoms with Gasteiger partial charge in [-0.2, -0.15) is 0 Å². The molecule has 3 heterocycles. The molecule has 0 bridgehead atoms. The van der Waals surface area contributed by atoms with Crippen LogP contribution in [0.3, 0.4) is 0 Å². The number of fused-ring (bicyclic) bond motifs is 1. The van der Waals surface area contributed by atoms with Crippen molar-refractivity contribution in [1.29, 1.82) is 0 Å². The second-order valence-electron chi connectivity index (χ2n) is 8.16. The molecule has 1 fully saturated rings. The fraction of sp³-hybridized carbons (Fsp3) is 0.522. The minimum Gasteiger partial charge on any atom is -0.375 e. The number of hydrogen-bond donors (Lipinski definition) is 0. The van der Waals surface area contributed by atoms with E-state index in [-0.39, 0.29) is 24.4 Å². The van der Waals surface area contributed by atoms with Crippen LogP contribution in [0.4, 0.5) is 10.2 Å². The number of carbonyl (C=O) groups excluding carboxylic acids is 1. The second kappa shape index (κ2) is 9.08. The topological polar surface area (TPSA) is 58.6 Å². The summed E-state index contributed by atoms with van der Waals surface area (Å²) in [4.78, 5) is 26.5. The van der Waals surface area contributed by atoms with Crippen LogP contribution < -0.4 is 4.90 Å². The molecule has 1 saturated heterocycles. The Morgan fingerprint density at radius 2 is 2.10 bits per heavy atom. The third-order valence-electron chi connectivity index (χ3n) is 6.02. The van der Waals surface area contributed by atoms with Gasteiger partial charge in [0.25, 0.3) is 0 Å². The van der Waals surface area contributed by atoms with Gasteiger partial charge in [0.05, 0.1) is 6.04 Å². The van der Waals surface area contributed by atoms with Gasteiger partial charge in [0.15, 0.2) is 5.82 Å². The summed E-state index contributed by atoms with van der Waals surface area (Å²) in [5.41, 5.74) is 3.06. The maximum Gasteiger partial charge on any atom is 0.249 e. The van der Waals surface area contributed by atoms with E-state index in [1.165, 1.54) is 6.07 Å². The largest absolute Gasteiger partial charge is 0.375 e. The first-order valence-corrected chi connectivity index (χ1v) is 10.7. The Morgan fingerprint density at radius 1 is 1.23 bits per heavy atom. The van der Waals surface area contributed by atoms with Crippen molar-refractivity contribution < 1.29 is 13.9 Å². The van der Waals surface area contributed by atoms with Crippen LogP contribution in [0.1, 0.15) is 54.4 Å². The molecule has 2 aromatic rings. The zero-order valence-electron chi connectivity index (χ0n) is 17.7. The third-order valence-corrected chi connectivity index (χ3v) is 6.02. The molecule has 0 spiro atoms. The smallest absolute Gasteiger partial charge is 0.249 e. The number of hydrogen-bond acceptors (Lipinski definition) is 5. The summed E-state index contributed by atoms with van der Waals surface area (Å²) in [5, 5.41) is 0. The quantitative estimate of drug-likeness (QED) is 0.751. The number of benzene rings is 1. The fourth-order valence-corrected chi connectivity index (χ4v) is 4.57. The number of aryl methyl sites for hydroxylation is 1. The SMILES string of the molecule is COCC(=O)N1CCCCC1c1nc(C)c2c(n1)N(Cc1cccc(F)c1)CCC2. The Kier molecular flexibility index (Phi) is 6.27. The highest BCUT2D eigenvalue weighted by Crippen LogP contribution is 2.34. The van der Waals surface area contributed by atoms with Crippen molar-refractivity contribution in [2.24, 2.45) is 0 Å². The lowest BCUT2D eigenvalue weighted by molar-refractivity contribution is -0.139. The average molecular weight is 413 g/mol. The third kappa shape index (κ3) is 4.31. The van der Waals surface area contributed by atoms with Gasteiger partial charge >= 0.3 is 0 Å². The van der Waals surface area contributed by atoms with Crippen LogP contribution in [0.15, 0.2) is 24.3 Å². The van der Waals surface area contributed by atoms with Crippen LogP contribution in [0.5, 0.6) is 0 Å². The van der Waals surface area contributed by atoms with Gasteiger partial charge in [-0.25, -0.2) is 14.4 Å². The van der Waals surface area contributed by atoms with E-state index in [0.29, 0.717) is 18.9 Å². The minimum absolute atomic E-state index is 0.0159. The molecule has 0 N–H and O–H groups in total. The summed E-state index contributed by atoms with van der Waals surface area (Å²) in [6.07, 6.45) is 4.86. The highest BCUT2D eigenvalue weighted by atomic mass is 19.1. The number of piperidine rings is 1. The standard InChI is InChI=1S/C23H29FN4O2/c1-16-19-9-6-11-27(14-17-7-5-8-18(24)13-17)23(19)26-22(25-16)20-10-3-4-12-28(20)21(29)15-30-2/h5,7-8,13,20H,3-4,6,9-12,14-15H2,1-2H3. The van der Waals surface area contributed by atoms with Gasteiger partial charge in [-0.1, -0.05) is 12.1 Å². The number of ether oxygens (including phenoxy) is 1. The van der Waals surface area contributed by atoms with Crippen LogP contribution in [0.2, 0.25) is 0 Å². The monoisotopic (exact) mass is 412 g/mol. The number of carbonyl (C=O) groups is 1. The zero-order chi connectivity index (χ0) is 21.1. The molecule has 4 rings (SSSR count). The Labute approximate surface area is 177 Å². The van der Waals surface area contributed by atoms with Crippen molar-refractivity contribution in [2.45, 2.75) is 51.6 Å². The van der Waals surface area contributed by atoms with Gasteiger partial charge in [0, 0.05) is 38.0 Å². The Bertz CT molecular complexity index is 920. The van der Waals surface area contributed by atoms with Crippen LogP contribution in [-0.2, 0) is 22.5 Å². The van der Waals surface area contributed by atoms with E-state index in [4.69, 9.17) is 14.7 Å². The molecule has 2 aliphatic heterocycles. The van der Waals surface area contributed by atoms with E-state index in [0.717, 1.165) is 61.3 Å². The molecule has 7 heteroatoms. The fourth-order valence-electron chi connectivity index (χ4n) is 4.57. The van der Waals surface area contributed by atoms with E-state index in [1.807, 2.05) is 17.9 Å². The molecular weight excluding hydrogens is 383 g/mol. The molecule has 1 aromatic heterocycles. The first-order chi connectivity index (χ1) is 14.6. The Hall–Kier alpha value is -2.54. The first-order valence-electron chi connectivity index (χ1n) is 10.7. The molecule has 0 radical (unpaired) electrons. The molecule has 6 nitrogen and oxygen atoms in total. The van der Waals surface area contributed by atoms with Gasteiger partial charge in [-0.05, 0) is 56.7 Å². The molecule has 2 aliphatic rings. The minimum atomic E-state index is -0.223. The van der Waals surface area contributed by atoms with Gasteiger partial charge in [0.1, 0.15) is 18.2 Å². The number of likely N-dealkylation sites (tertiary alicyclic amines) is 1. The highest BCUT2D eigenvalue weighted by Gasteiger charge is 2.32. The normalized spacial score (nSPS) is 19.0. The second-order valence-corrected chi connectivity index (χ2v) is 8.16. The number of rotatable bonds is 5. The summed E-state index contributed by atoms with van der Waals surface area (Å²) in [5.74, 6) is 1.40. The van der Waals surface area contributed by atoms with E-state index in [2.05, 4.69) is 4.90 Å². The number of aromatic nitrogens is 2. The van der Waals surface area contributed by atoms with Crippen LogP contribution in [0, 0.1) is 12.7 Å². The van der Waals surface area contributed by atoms with E-state index >= 15 is 0 Å². The molecule has 1 aromatic carbocycles. The lowest BCUT2D eigenvalue weighted by Gasteiger charge is -2.36. The maximum absolute atomic E-state index is 13.7. The number of amides is 1. The lowest BCUT2D eigenvalue weighted by Crippen LogP contribution is -2.41. The molecule has 30 heavy (non-hydrogen) atoms. The molecular formula is C23H29FN4O2. The first kappa shape index (κ1) is 20.7. The summed E-state index contributed by atoms with van der Waals surface area (Å²) in [6.45, 7) is 4.29. The summed E-state index contributed by atoms with van der Waals surface area (Å²) < 4.78 is 18.8. The van der Waals surface area contributed by atoms with Crippen molar-refractivity contribution in [1.82, 2.24) is 14.9 Å². The number of nitrogens with zero attached hydrogens (tertiary/aromatic N) is 4. The van der Waals surface area contributed by atoms with Gasteiger partial charge in [0.2, 0.25) is 5.91 Å². The summed E-state index contributed by atoms with van der Waals surface area (Å²) in [6, 6.07) is 6.61. The molecule has 160 valence electrons. The van der Waals surface area contributed by atoms with E-state index < -0.39 is 0 Å². The zero-order valence-corrected chi connectivity index (χ0v) is 17.7. The summed E-state index contributed by atoms with van der Waals surface area (Å²) >= 11 is 0. The van der Waals surface area contributed by atoms with Crippen molar-refractivity contribution >= 4 is 11.7 Å². The van der Waals surface area contributed by atoms with Crippen LogP contribution in [0.25, 0.3) is 0 Å². The van der Waals surface area contributed by atoms with Crippen molar-refractivity contribution in [3.63, 3.8) is 0 Å². The van der Waals surface area contributed by atoms with E-state index in [1.54, 1.807) is 19.2 Å². The van der Waals surface area contributed by atoms with Gasteiger partial charge in [-0.3, -0.25) is 4.79 Å². The number of methoxy groups -OCH3 is 1. The molecule has 1 atom stereocenters. The lowest BCUT2D eigenvalue weighted by atomic mass is 9.99. The predicted molar refractivity (Wildman–Crippen MR) is 113 cm³/mol. The van der Waals surface area contributed by atoms with Gasteiger partial charge < -0.3 is 14.5 Å². The molecule has 1 unspecified atom stereocenters. The van der Waals surface area contributed by atoms with Crippen LogP contribution >= 0.6 is 0 Å². The van der Waals surface area contributed by atoms with E-state index in [9.17, 15) is 9.18 Å². The highest BCUT2D eigenvalue weighted by molar-refractivity contribution is 5.78. The average Bonchev–Trinajstić information content (AvgIpc) is 2.74. The Balaban J connectivity index is 1.66. The molecule has 0 saturated carbocycles. The molecule has 1 amide bonds. The van der Waals surface area contributed by atoms with Gasteiger partial charge in [-0.15, -0.1) is 0 Å². The van der Waals surface area contributed by atoms with Crippen molar-refractivity contribution in [3.05, 3.63) is 52.7 Å². The number of halogens is 1. The predicted octanol–water partition coefficient (Wildman–Crippen LogP) is 3.58. The maximum atomic E-state index is 13.7. The van der Waals surface area contributed by atoms with Crippen LogP contribution in [-0.4, -0.2) is 47.6 Å². The molecule has 0 aliphatic carbocycles.